The number of terminal acetylenes is 1. The summed E-state index contributed by atoms with van der Waals surface area (Å²) in [5.74, 6) is 2.69. The highest BCUT2D eigenvalue weighted by molar-refractivity contribution is 5.15. The molecule has 0 aliphatic heterocycles. The van der Waals surface area contributed by atoms with Gasteiger partial charge in [-0.25, -0.2) is 0 Å². The van der Waals surface area contributed by atoms with Gasteiger partial charge in [0, 0.05) is 24.1 Å². The zero-order chi connectivity index (χ0) is 13.1. The molecule has 0 heterocycles. The summed E-state index contributed by atoms with van der Waals surface area (Å²) < 4.78 is 5.72. The maximum atomic E-state index is 6.52. The van der Waals surface area contributed by atoms with Crippen LogP contribution in [0.4, 0.5) is 0 Å². The molecule has 1 aliphatic carbocycles. The summed E-state index contributed by atoms with van der Waals surface area (Å²) in [5.41, 5.74) is 6.36. The van der Waals surface area contributed by atoms with Gasteiger partial charge in [0.15, 0.2) is 0 Å². The van der Waals surface area contributed by atoms with Crippen molar-refractivity contribution in [2.75, 3.05) is 26.2 Å². The average Bonchev–Trinajstić information content (AvgIpc) is 2.28. The Labute approximate surface area is 106 Å². The monoisotopic (exact) mass is 238 g/mol. The molecule has 0 aromatic carbocycles. The molecule has 17 heavy (non-hydrogen) atoms. The lowest BCUT2D eigenvalue weighted by Gasteiger charge is -2.60. The molecule has 0 radical (unpaired) electrons. The van der Waals surface area contributed by atoms with Crippen LogP contribution < -0.4 is 5.73 Å². The third-order valence-electron chi connectivity index (χ3n) is 4.27. The fourth-order valence-corrected chi connectivity index (χ4v) is 2.58. The smallest absolute Gasteiger partial charge is 0.0662 e. The summed E-state index contributed by atoms with van der Waals surface area (Å²) in [4.78, 5) is 2.23. The quantitative estimate of drug-likeness (QED) is 0.712. The van der Waals surface area contributed by atoms with Crippen molar-refractivity contribution in [3.05, 3.63) is 0 Å². The van der Waals surface area contributed by atoms with Crippen LogP contribution in [0.25, 0.3) is 0 Å². The SMILES string of the molecule is C#CCN(CC)CC1(N)CC(OCC)C1(C)C. The fourth-order valence-electron chi connectivity index (χ4n) is 2.58. The van der Waals surface area contributed by atoms with E-state index in [1.165, 1.54) is 0 Å². The van der Waals surface area contributed by atoms with Gasteiger partial charge in [-0.2, -0.15) is 0 Å². The molecule has 1 rings (SSSR count). The van der Waals surface area contributed by atoms with Crippen molar-refractivity contribution in [2.24, 2.45) is 11.1 Å². The van der Waals surface area contributed by atoms with Gasteiger partial charge in [-0.15, -0.1) is 6.42 Å². The summed E-state index contributed by atoms with van der Waals surface area (Å²) in [6, 6.07) is 0. The zero-order valence-electron chi connectivity index (χ0n) is 11.6. The van der Waals surface area contributed by atoms with Crippen molar-refractivity contribution in [1.82, 2.24) is 4.90 Å². The maximum absolute atomic E-state index is 6.52. The van der Waals surface area contributed by atoms with E-state index in [0.717, 1.165) is 26.1 Å². The largest absolute Gasteiger partial charge is 0.378 e. The van der Waals surface area contributed by atoms with E-state index in [2.05, 4.69) is 31.6 Å². The summed E-state index contributed by atoms with van der Waals surface area (Å²) in [5, 5.41) is 0. The zero-order valence-corrected chi connectivity index (χ0v) is 11.6. The first-order valence-electron chi connectivity index (χ1n) is 6.47. The maximum Gasteiger partial charge on any atom is 0.0662 e. The van der Waals surface area contributed by atoms with E-state index in [-0.39, 0.29) is 17.1 Å². The predicted molar refractivity (Wildman–Crippen MR) is 71.7 cm³/mol. The highest BCUT2D eigenvalue weighted by Crippen LogP contribution is 2.49. The van der Waals surface area contributed by atoms with E-state index in [1.54, 1.807) is 0 Å². The number of likely N-dealkylation sites (N-methyl/N-ethyl adjacent to an activating group) is 1. The molecule has 1 fully saturated rings. The average molecular weight is 238 g/mol. The summed E-state index contributed by atoms with van der Waals surface area (Å²) in [6.45, 7) is 11.8. The number of hydrogen-bond donors (Lipinski definition) is 1. The van der Waals surface area contributed by atoms with E-state index in [1.807, 2.05) is 6.92 Å². The molecule has 2 unspecified atom stereocenters. The number of hydrogen-bond acceptors (Lipinski definition) is 3. The van der Waals surface area contributed by atoms with Crippen LogP contribution in [0.1, 0.15) is 34.1 Å². The van der Waals surface area contributed by atoms with Crippen LogP contribution in [0.3, 0.4) is 0 Å². The molecule has 0 saturated heterocycles. The molecule has 1 aliphatic rings. The Hall–Kier alpha value is -0.560. The Morgan fingerprint density at radius 2 is 2.12 bits per heavy atom. The van der Waals surface area contributed by atoms with Gasteiger partial charge in [-0.05, 0) is 19.9 Å². The van der Waals surface area contributed by atoms with Gasteiger partial charge in [-0.1, -0.05) is 26.7 Å². The van der Waals surface area contributed by atoms with E-state index in [0.29, 0.717) is 6.54 Å². The van der Waals surface area contributed by atoms with E-state index < -0.39 is 0 Å². The fraction of sp³-hybridized carbons (Fsp3) is 0.857. The molecule has 0 bridgehead atoms. The van der Waals surface area contributed by atoms with Crippen LogP contribution >= 0.6 is 0 Å². The van der Waals surface area contributed by atoms with Crippen molar-refractivity contribution < 1.29 is 4.74 Å². The molecular formula is C14H26N2O. The second-order valence-electron chi connectivity index (χ2n) is 5.53. The molecule has 3 nitrogen and oxygen atoms in total. The van der Waals surface area contributed by atoms with Crippen LogP contribution in [0.5, 0.6) is 0 Å². The van der Waals surface area contributed by atoms with Gasteiger partial charge in [-0.3, -0.25) is 4.90 Å². The Morgan fingerprint density at radius 3 is 2.53 bits per heavy atom. The third kappa shape index (κ3) is 2.65. The van der Waals surface area contributed by atoms with Gasteiger partial charge in [0.25, 0.3) is 0 Å². The van der Waals surface area contributed by atoms with Gasteiger partial charge in [0.2, 0.25) is 0 Å². The summed E-state index contributed by atoms with van der Waals surface area (Å²) >= 11 is 0. The number of nitrogens with two attached hydrogens (primary N) is 1. The third-order valence-corrected chi connectivity index (χ3v) is 4.27. The number of ether oxygens (including phenoxy) is 1. The van der Waals surface area contributed by atoms with Crippen LogP contribution in [0, 0.1) is 17.8 Å². The molecule has 0 aromatic rings. The normalized spacial score (nSPS) is 31.0. The number of nitrogens with zero attached hydrogens (tertiary/aromatic N) is 1. The molecule has 0 spiro atoms. The topological polar surface area (TPSA) is 38.5 Å². The first-order chi connectivity index (χ1) is 7.91. The van der Waals surface area contributed by atoms with Crippen LogP contribution in [-0.2, 0) is 4.74 Å². The molecule has 0 aromatic heterocycles. The molecule has 2 atom stereocenters. The highest BCUT2D eigenvalue weighted by Gasteiger charge is 2.58. The predicted octanol–water partition coefficient (Wildman–Crippen LogP) is 1.47. The van der Waals surface area contributed by atoms with Crippen LogP contribution in [0.2, 0.25) is 0 Å². The minimum atomic E-state index is -0.181. The molecular weight excluding hydrogens is 212 g/mol. The van der Waals surface area contributed by atoms with Gasteiger partial charge >= 0.3 is 0 Å². The molecule has 2 N–H and O–H groups in total. The highest BCUT2D eigenvalue weighted by atomic mass is 16.5. The molecule has 1 saturated carbocycles. The minimum absolute atomic E-state index is 0.0189. The van der Waals surface area contributed by atoms with E-state index in [4.69, 9.17) is 16.9 Å². The Bertz CT molecular complexity index is 295. The van der Waals surface area contributed by atoms with Gasteiger partial charge < -0.3 is 10.5 Å². The van der Waals surface area contributed by atoms with E-state index >= 15 is 0 Å². The molecule has 3 heteroatoms. The Kier molecular flexibility index (Phi) is 4.60. The molecule has 98 valence electrons. The van der Waals surface area contributed by atoms with Crippen LogP contribution in [-0.4, -0.2) is 42.8 Å². The van der Waals surface area contributed by atoms with Crippen molar-refractivity contribution in [1.29, 1.82) is 0 Å². The van der Waals surface area contributed by atoms with Crippen molar-refractivity contribution in [2.45, 2.75) is 45.8 Å². The van der Waals surface area contributed by atoms with Crippen molar-refractivity contribution >= 4 is 0 Å². The lowest BCUT2D eigenvalue weighted by Crippen LogP contribution is -2.73. The second-order valence-corrected chi connectivity index (χ2v) is 5.53. The van der Waals surface area contributed by atoms with Crippen molar-refractivity contribution in [3.8, 4) is 12.3 Å². The van der Waals surface area contributed by atoms with Gasteiger partial charge in [0.1, 0.15) is 0 Å². The summed E-state index contributed by atoms with van der Waals surface area (Å²) in [7, 11) is 0. The first kappa shape index (κ1) is 14.5. The Morgan fingerprint density at radius 1 is 1.47 bits per heavy atom. The van der Waals surface area contributed by atoms with Crippen LogP contribution in [0.15, 0.2) is 0 Å². The van der Waals surface area contributed by atoms with E-state index in [9.17, 15) is 0 Å². The molecule has 0 amide bonds. The van der Waals surface area contributed by atoms with Crippen molar-refractivity contribution in [3.63, 3.8) is 0 Å². The second kappa shape index (κ2) is 5.39. The first-order valence-corrected chi connectivity index (χ1v) is 6.47. The lowest BCUT2D eigenvalue weighted by atomic mass is 9.54. The Balaban J connectivity index is 2.62. The number of rotatable bonds is 6. The standard InChI is InChI=1S/C14H26N2O/c1-6-9-16(7-2)11-14(15)10-12(17-8-3)13(14,4)5/h1,12H,7-11,15H2,2-5H3. The minimum Gasteiger partial charge on any atom is -0.378 e. The summed E-state index contributed by atoms with van der Waals surface area (Å²) in [6.07, 6.45) is 6.57. The lowest BCUT2D eigenvalue weighted by molar-refractivity contribution is -0.155. The van der Waals surface area contributed by atoms with Gasteiger partial charge in [0.05, 0.1) is 12.6 Å².